The van der Waals surface area contributed by atoms with Crippen LogP contribution in [0.5, 0.6) is 0 Å². The Bertz CT molecular complexity index is 366. The van der Waals surface area contributed by atoms with Crippen LogP contribution in [-0.4, -0.2) is 48.3 Å². The van der Waals surface area contributed by atoms with E-state index in [1.165, 1.54) is 24.2 Å². The highest BCUT2D eigenvalue weighted by Gasteiger charge is 2.11. The van der Waals surface area contributed by atoms with Crippen LogP contribution in [-0.2, 0) is 4.74 Å². The second-order valence-electron chi connectivity index (χ2n) is 4.48. The molecule has 18 heavy (non-hydrogen) atoms. The maximum absolute atomic E-state index is 11.5. The van der Waals surface area contributed by atoms with Crippen molar-refractivity contribution in [2.75, 3.05) is 27.2 Å². The number of aromatic nitrogens is 2. The predicted octanol–water partition coefficient (Wildman–Crippen LogP) is 2.13. The van der Waals surface area contributed by atoms with Gasteiger partial charge in [-0.2, -0.15) is 0 Å². The summed E-state index contributed by atoms with van der Waals surface area (Å²) in [5.74, 6) is -0.353. The fourth-order valence-corrected chi connectivity index (χ4v) is 2.07. The van der Waals surface area contributed by atoms with E-state index in [9.17, 15) is 4.79 Å². The molecule has 0 spiro atoms. The smallest absolute Gasteiger partial charge is 0.369 e. The van der Waals surface area contributed by atoms with Crippen molar-refractivity contribution in [3.8, 4) is 0 Å². The van der Waals surface area contributed by atoms with Crippen molar-refractivity contribution in [2.24, 2.45) is 0 Å². The van der Waals surface area contributed by atoms with Gasteiger partial charge in [0, 0.05) is 0 Å². The lowest BCUT2D eigenvalue weighted by atomic mass is 10.2. The summed E-state index contributed by atoms with van der Waals surface area (Å²) in [6, 6.07) is 0. The molecule has 0 N–H and O–H groups in total. The van der Waals surface area contributed by atoms with Crippen LogP contribution in [0.2, 0.25) is 0 Å². The molecule has 0 unspecified atom stereocenters. The van der Waals surface area contributed by atoms with Crippen molar-refractivity contribution in [1.29, 1.82) is 0 Å². The van der Waals surface area contributed by atoms with Gasteiger partial charge in [-0.3, -0.25) is 0 Å². The highest BCUT2D eigenvalue weighted by Crippen LogP contribution is 2.09. The molecular formula is C12H21N3O2S. The zero-order valence-electron chi connectivity index (χ0n) is 11.3. The summed E-state index contributed by atoms with van der Waals surface area (Å²) in [6.07, 6.45) is 4.37. The molecule has 5 nitrogen and oxygen atoms in total. The summed E-state index contributed by atoms with van der Waals surface area (Å²) >= 11 is 1.27. The number of unbranched alkanes of at least 4 members (excludes halogenated alkanes) is 3. The Morgan fingerprint density at radius 1 is 1.22 bits per heavy atom. The van der Waals surface area contributed by atoms with Crippen molar-refractivity contribution in [2.45, 2.75) is 32.6 Å². The molecule has 0 aliphatic rings. The number of hydrogen-bond acceptors (Lipinski definition) is 6. The van der Waals surface area contributed by atoms with E-state index >= 15 is 0 Å². The van der Waals surface area contributed by atoms with E-state index in [-0.39, 0.29) is 5.97 Å². The molecule has 0 atom stereocenters. The van der Waals surface area contributed by atoms with Crippen molar-refractivity contribution in [3.05, 3.63) is 10.0 Å². The number of esters is 1. The molecule has 102 valence electrons. The highest BCUT2D eigenvalue weighted by atomic mass is 32.1. The first kappa shape index (κ1) is 15.0. The maximum Gasteiger partial charge on any atom is 0.369 e. The van der Waals surface area contributed by atoms with Crippen LogP contribution in [0, 0.1) is 6.92 Å². The Hall–Kier alpha value is -1.01. The Balaban J connectivity index is 2.03. The van der Waals surface area contributed by atoms with Crippen molar-refractivity contribution in [3.63, 3.8) is 0 Å². The van der Waals surface area contributed by atoms with E-state index in [1.807, 2.05) is 6.92 Å². The van der Waals surface area contributed by atoms with E-state index in [0.717, 1.165) is 24.4 Å². The third-order valence-corrected chi connectivity index (χ3v) is 3.25. The summed E-state index contributed by atoms with van der Waals surface area (Å²) in [6.45, 7) is 3.41. The van der Waals surface area contributed by atoms with Crippen molar-refractivity contribution < 1.29 is 9.53 Å². The molecule has 1 aromatic heterocycles. The maximum atomic E-state index is 11.5. The van der Waals surface area contributed by atoms with Crippen LogP contribution in [0.1, 0.15) is 40.5 Å². The molecule has 0 bridgehead atoms. The molecule has 0 amide bonds. The van der Waals surface area contributed by atoms with E-state index < -0.39 is 0 Å². The van der Waals surface area contributed by atoms with Crippen LogP contribution < -0.4 is 0 Å². The van der Waals surface area contributed by atoms with E-state index in [2.05, 4.69) is 29.2 Å². The number of carbonyl (C=O) groups is 1. The Morgan fingerprint density at radius 3 is 2.56 bits per heavy atom. The van der Waals surface area contributed by atoms with Gasteiger partial charge in [-0.15, -0.1) is 10.2 Å². The van der Waals surface area contributed by atoms with Gasteiger partial charge in [-0.25, -0.2) is 4.79 Å². The minimum Gasteiger partial charge on any atom is -0.460 e. The third-order valence-electron chi connectivity index (χ3n) is 2.43. The number of hydrogen-bond donors (Lipinski definition) is 0. The minimum absolute atomic E-state index is 0.347. The molecule has 0 saturated carbocycles. The molecule has 0 aromatic carbocycles. The Kier molecular flexibility index (Phi) is 6.82. The van der Waals surface area contributed by atoms with Gasteiger partial charge in [0.15, 0.2) is 0 Å². The molecule has 1 aromatic rings. The Morgan fingerprint density at radius 2 is 1.94 bits per heavy atom. The molecule has 0 aliphatic heterocycles. The van der Waals surface area contributed by atoms with Crippen molar-refractivity contribution >= 4 is 17.3 Å². The zero-order valence-corrected chi connectivity index (χ0v) is 12.1. The van der Waals surface area contributed by atoms with Crippen LogP contribution >= 0.6 is 11.3 Å². The largest absolute Gasteiger partial charge is 0.460 e. The summed E-state index contributed by atoms with van der Waals surface area (Å²) in [5, 5.41) is 8.67. The zero-order chi connectivity index (χ0) is 13.4. The van der Waals surface area contributed by atoms with Gasteiger partial charge < -0.3 is 9.64 Å². The summed E-state index contributed by atoms with van der Waals surface area (Å²) in [4.78, 5) is 13.7. The lowest BCUT2D eigenvalue weighted by molar-refractivity contribution is 0.0496. The third kappa shape index (κ3) is 6.07. The molecule has 1 heterocycles. The first-order valence-corrected chi connectivity index (χ1v) is 7.03. The minimum atomic E-state index is -0.353. The van der Waals surface area contributed by atoms with Gasteiger partial charge >= 0.3 is 5.97 Å². The number of aryl methyl sites for hydroxylation is 1. The predicted molar refractivity (Wildman–Crippen MR) is 72.0 cm³/mol. The van der Waals surface area contributed by atoms with Gasteiger partial charge in [0.2, 0.25) is 5.01 Å². The van der Waals surface area contributed by atoms with Crippen LogP contribution in [0.3, 0.4) is 0 Å². The van der Waals surface area contributed by atoms with Gasteiger partial charge in [-0.05, 0) is 40.4 Å². The standard InChI is InChI=1S/C12H21N3O2S/c1-10-13-14-11(18-10)12(16)17-9-7-5-4-6-8-15(2)3/h4-9H2,1-3H3. The average molecular weight is 271 g/mol. The van der Waals surface area contributed by atoms with Crippen LogP contribution in [0.4, 0.5) is 0 Å². The molecule has 0 radical (unpaired) electrons. The van der Waals surface area contributed by atoms with Crippen LogP contribution in [0.15, 0.2) is 0 Å². The summed E-state index contributed by atoms with van der Waals surface area (Å²) in [7, 11) is 4.15. The van der Waals surface area contributed by atoms with E-state index in [1.54, 1.807) is 0 Å². The first-order chi connectivity index (χ1) is 8.59. The van der Waals surface area contributed by atoms with Gasteiger partial charge in [0.05, 0.1) is 6.61 Å². The fourth-order valence-electron chi connectivity index (χ4n) is 1.49. The normalized spacial score (nSPS) is 10.9. The highest BCUT2D eigenvalue weighted by molar-refractivity contribution is 7.13. The van der Waals surface area contributed by atoms with E-state index in [4.69, 9.17) is 4.74 Å². The van der Waals surface area contributed by atoms with Gasteiger partial charge in [-0.1, -0.05) is 24.2 Å². The number of nitrogens with zero attached hydrogens (tertiary/aromatic N) is 3. The molecule has 0 saturated heterocycles. The fraction of sp³-hybridized carbons (Fsp3) is 0.750. The average Bonchev–Trinajstić information content (AvgIpc) is 2.74. The molecule has 0 fully saturated rings. The lowest BCUT2D eigenvalue weighted by Crippen LogP contribution is -2.12. The SMILES string of the molecule is Cc1nnc(C(=O)OCCCCCCN(C)C)s1. The Labute approximate surface area is 112 Å². The molecule has 0 aliphatic carbocycles. The van der Waals surface area contributed by atoms with Crippen LogP contribution in [0.25, 0.3) is 0 Å². The number of carbonyl (C=O) groups excluding carboxylic acids is 1. The second kappa shape index (κ2) is 8.16. The number of ether oxygens (including phenoxy) is 1. The second-order valence-corrected chi connectivity index (χ2v) is 5.66. The molecule has 6 heteroatoms. The molecular weight excluding hydrogens is 250 g/mol. The monoisotopic (exact) mass is 271 g/mol. The summed E-state index contributed by atoms with van der Waals surface area (Å²) in [5.41, 5.74) is 0. The number of rotatable bonds is 8. The van der Waals surface area contributed by atoms with E-state index in [0.29, 0.717) is 11.6 Å². The van der Waals surface area contributed by atoms with Gasteiger partial charge in [0.25, 0.3) is 0 Å². The first-order valence-electron chi connectivity index (χ1n) is 6.21. The lowest BCUT2D eigenvalue weighted by Gasteiger charge is -2.08. The quantitative estimate of drug-likeness (QED) is 0.535. The molecule has 1 rings (SSSR count). The summed E-state index contributed by atoms with van der Waals surface area (Å²) < 4.78 is 5.13. The van der Waals surface area contributed by atoms with Gasteiger partial charge in [0.1, 0.15) is 5.01 Å². The van der Waals surface area contributed by atoms with Crippen molar-refractivity contribution in [1.82, 2.24) is 15.1 Å². The topological polar surface area (TPSA) is 55.3 Å².